The number of carboxylic acids is 1. The first-order valence-electron chi connectivity index (χ1n) is 4.48. The molecule has 1 aliphatic rings. The summed E-state index contributed by atoms with van der Waals surface area (Å²) in [4.78, 5) is 22.3. The monoisotopic (exact) mass is 223 g/mol. The molecule has 0 spiro atoms. The molecule has 1 fully saturated rings. The molecule has 5 nitrogen and oxygen atoms in total. The number of esters is 1. The van der Waals surface area contributed by atoms with Crippen molar-refractivity contribution in [1.29, 1.82) is 0 Å². The molecule has 0 aromatic rings. The first-order valence-corrected chi connectivity index (χ1v) is 4.48. The van der Waals surface area contributed by atoms with E-state index in [0.29, 0.717) is 6.54 Å². The number of carbonyl (C=O) groups excluding carboxylic acids is 2. The summed E-state index contributed by atoms with van der Waals surface area (Å²) in [7, 11) is 0. The Labute approximate surface area is 111 Å². The zero-order valence-corrected chi connectivity index (χ0v) is 11.5. The van der Waals surface area contributed by atoms with Crippen molar-refractivity contribution in [3.63, 3.8) is 0 Å². The van der Waals surface area contributed by atoms with Crippen molar-refractivity contribution >= 4 is 11.9 Å². The molecule has 15 heavy (non-hydrogen) atoms. The minimum absolute atomic E-state index is 0. The molecule has 1 aliphatic heterocycles. The number of carboxylic acid groups (broad SMARTS) is 1. The molecule has 0 amide bonds. The molecule has 1 unspecified atom stereocenters. The second-order valence-electron chi connectivity index (χ2n) is 4.37. The average molecular weight is 223 g/mol. The van der Waals surface area contributed by atoms with Gasteiger partial charge in [-0.25, -0.2) is 4.79 Å². The fraction of sp³-hybridized carbons (Fsp3) is 0.778. The molecule has 80 valence electrons. The van der Waals surface area contributed by atoms with Gasteiger partial charge in [-0.1, -0.05) is 0 Å². The molecular formula is C9H14NNaO4. The Hall–Kier alpha value is -0.100. The van der Waals surface area contributed by atoms with Crippen LogP contribution in [0, 0.1) is 0 Å². The van der Waals surface area contributed by atoms with Crippen molar-refractivity contribution < 1.29 is 49.0 Å². The van der Waals surface area contributed by atoms with Crippen LogP contribution in [0.3, 0.4) is 0 Å². The van der Waals surface area contributed by atoms with Gasteiger partial charge in [-0.05, 0) is 33.7 Å². The average Bonchev–Trinajstić information content (AvgIpc) is 1.76. The van der Waals surface area contributed by atoms with Crippen LogP contribution < -0.4 is 40.0 Å². The van der Waals surface area contributed by atoms with Crippen LogP contribution >= 0.6 is 0 Å². The van der Waals surface area contributed by atoms with Crippen LogP contribution in [0.4, 0.5) is 0 Å². The van der Waals surface area contributed by atoms with Crippen molar-refractivity contribution in [3.05, 3.63) is 0 Å². The van der Waals surface area contributed by atoms with E-state index in [1.807, 2.05) is 0 Å². The summed E-state index contributed by atoms with van der Waals surface area (Å²) in [5.41, 5.74) is -2.30. The predicted octanol–water partition coefficient (Wildman–Crippen LogP) is -4.19. The Morgan fingerprint density at radius 2 is 1.87 bits per heavy atom. The van der Waals surface area contributed by atoms with Crippen LogP contribution in [-0.2, 0) is 14.3 Å². The first-order chi connectivity index (χ1) is 6.28. The fourth-order valence-electron chi connectivity index (χ4n) is 1.17. The van der Waals surface area contributed by atoms with E-state index in [0.717, 1.165) is 0 Å². The van der Waals surface area contributed by atoms with Crippen LogP contribution in [0.15, 0.2) is 0 Å². The van der Waals surface area contributed by atoms with Gasteiger partial charge in [0.2, 0.25) is 0 Å². The van der Waals surface area contributed by atoms with Gasteiger partial charge in [-0.15, -0.1) is 0 Å². The topological polar surface area (TPSA) is 78.5 Å². The molecule has 0 bridgehead atoms. The molecule has 1 heterocycles. The minimum Gasteiger partial charge on any atom is -0.547 e. The molecule has 0 aromatic carbocycles. The maximum absolute atomic E-state index is 11.5. The Morgan fingerprint density at radius 1 is 1.40 bits per heavy atom. The summed E-state index contributed by atoms with van der Waals surface area (Å²) in [5.74, 6) is -2.19. The SMILES string of the molecule is CC(C)(C)OC(=O)C1(C(=O)[O-])CCN1.[Na+]. The van der Waals surface area contributed by atoms with Crippen molar-refractivity contribution in [3.8, 4) is 0 Å². The van der Waals surface area contributed by atoms with Gasteiger partial charge < -0.3 is 14.6 Å². The predicted molar refractivity (Wildman–Crippen MR) is 46.2 cm³/mol. The third-order valence-electron chi connectivity index (χ3n) is 2.02. The second kappa shape index (κ2) is 4.82. The van der Waals surface area contributed by atoms with Crippen LogP contribution in [-0.4, -0.2) is 29.6 Å². The zero-order chi connectivity index (χ0) is 11.0. The van der Waals surface area contributed by atoms with E-state index in [2.05, 4.69) is 5.32 Å². The van der Waals surface area contributed by atoms with Gasteiger partial charge in [0.1, 0.15) is 5.60 Å². The van der Waals surface area contributed by atoms with E-state index >= 15 is 0 Å². The summed E-state index contributed by atoms with van der Waals surface area (Å²) < 4.78 is 4.98. The van der Waals surface area contributed by atoms with Gasteiger partial charge in [-0.2, -0.15) is 0 Å². The molecule has 0 aliphatic carbocycles. The van der Waals surface area contributed by atoms with E-state index in [1.165, 1.54) is 0 Å². The largest absolute Gasteiger partial charge is 1.00 e. The van der Waals surface area contributed by atoms with Crippen LogP contribution in [0.1, 0.15) is 27.2 Å². The molecule has 1 N–H and O–H groups in total. The van der Waals surface area contributed by atoms with Crippen LogP contribution in [0.5, 0.6) is 0 Å². The number of rotatable bonds is 2. The number of carbonyl (C=O) groups is 2. The standard InChI is InChI=1S/C9H15NO4.Na/c1-8(2,3)14-7(13)9(6(11)12)4-5-10-9;/h10H,4-5H2,1-3H3,(H,11,12);/q;+1/p-1. The van der Waals surface area contributed by atoms with Crippen molar-refractivity contribution in [2.45, 2.75) is 38.3 Å². The molecule has 1 rings (SSSR count). The van der Waals surface area contributed by atoms with Crippen LogP contribution in [0.25, 0.3) is 0 Å². The number of ether oxygens (including phenoxy) is 1. The van der Waals surface area contributed by atoms with Crippen molar-refractivity contribution in [1.82, 2.24) is 5.32 Å². The molecular weight excluding hydrogens is 209 g/mol. The van der Waals surface area contributed by atoms with E-state index < -0.39 is 23.1 Å². The quantitative estimate of drug-likeness (QED) is 0.292. The summed E-state index contributed by atoms with van der Waals surface area (Å²) in [6, 6.07) is 0. The van der Waals surface area contributed by atoms with Gasteiger partial charge in [0, 0.05) is 0 Å². The number of hydrogen-bond acceptors (Lipinski definition) is 5. The Kier molecular flexibility index (Phi) is 4.79. The maximum Gasteiger partial charge on any atom is 1.00 e. The van der Waals surface area contributed by atoms with E-state index in [4.69, 9.17) is 4.74 Å². The normalized spacial score (nSPS) is 24.7. The summed E-state index contributed by atoms with van der Waals surface area (Å²) >= 11 is 0. The molecule has 1 atom stereocenters. The Morgan fingerprint density at radius 3 is 2.07 bits per heavy atom. The summed E-state index contributed by atoms with van der Waals surface area (Å²) in [6.07, 6.45) is 0.226. The molecule has 0 saturated carbocycles. The summed E-state index contributed by atoms with van der Waals surface area (Å²) in [5, 5.41) is 13.3. The fourth-order valence-corrected chi connectivity index (χ4v) is 1.17. The van der Waals surface area contributed by atoms with Gasteiger partial charge in [0.05, 0.1) is 5.97 Å². The minimum atomic E-state index is -1.62. The van der Waals surface area contributed by atoms with Crippen molar-refractivity contribution in [2.75, 3.05) is 6.54 Å². The van der Waals surface area contributed by atoms with Gasteiger partial charge in [0.25, 0.3) is 0 Å². The Balaban J connectivity index is 0.00000196. The third kappa shape index (κ3) is 3.17. The molecule has 6 heteroatoms. The van der Waals surface area contributed by atoms with E-state index in [1.54, 1.807) is 20.8 Å². The first kappa shape index (κ1) is 14.9. The van der Waals surface area contributed by atoms with Gasteiger partial charge in [-0.3, -0.25) is 5.32 Å². The zero-order valence-electron chi connectivity index (χ0n) is 9.55. The number of aliphatic carboxylic acids is 1. The van der Waals surface area contributed by atoms with Gasteiger partial charge in [0.15, 0.2) is 5.54 Å². The van der Waals surface area contributed by atoms with E-state index in [-0.39, 0.29) is 36.0 Å². The second-order valence-corrected chi connectivity index (χ2v) is 4.37. The Bertz CT molecular complexity index is 268. The summed E-state index contributed by atoms with van der Waals surface area (Å²) in [6.45, 7) is 5.55. The number of hydrogen-bond donors (Lipinski definition) is 1. The molecule has 0 aromatic heterocycles. The smallest absolute Gasteiger partial charge is 0.547 e. The third-order valence-corrected chi connectivity index (χ3v) is 2.02. The molecule has 0 radical (unpaired) electrons. The molecule has 1 saturated heterocycles. The van der Waals surface area contributed by atoms with Crippen LogP contribution in [0.2, 0.25) is 0 Å². The maximum atomic E-state index is 11.5. The van der Waals surface area contributed by atoms with Crippen molar-refractivity contribution in [2.24, 2.45) is 0 Å². The van der Waals surface area contributed by atoms with E-state index in [9.17, 15) is 14.7 Å². The van der Waals surface area contributed by atoms with Gasteiger partial charge >= 0.3 is 35.5 Å². The number of nitrogens with one attached hydrogen (secondary N) is 1.